The Balaban J connectivity index is 1.78. The van der Waals surface area contributed by atoms with Crippen LogP contribution in [0.1, 0.15) is 47.9 Å². The number of carbonyl (C=O) groups is 1. The van der Waals surface area contributed by atoms with Gasteiger partial charge in [0.1, 0.15) is 17.1 Å². The second kappa shape index (κ2) is 8.44. The molecule has 0 spiro atoms. The molecular weight excluding hydrogens is 386 g/mol. The van der Waals surface area contributed by atoms with Crippen LogP contribution in [0.15, 0.2) is 44.5 Å². The molecule has 0 aliphatic carbocycles. The van der Waals surface area contributed by atoms with E-state index in [-0.39, 0.29) is 40.8 Å². The van der Waals surface area contributed by atoms with Crippen LogP contribution >= 0.6 is 0 Å². The van der Waals surface area contributed by atoms with Gasteiger partial charge in [0.15, 0.2) is 5.75 Å². The number of rotatable bonds is 8. The molecule has 2 aromatic carbocycles. The summed E-state index contributed by atoms with van der Waals surface area (Å²) in [6.07, 6.45) is 2.68. The number of phenols is 1. The number of nitrogens with zero attached hydrogens (tertiary/aromatic N) is 1. The van der Waals surface area contributed by atoms with Gasteiger partial charge in [-0.15, -0.1) is 0 Å². The average molecular weight is 411 g/mol. The van der Waals surface area contributed by atoms with E-state index in [9.17, 15) is 19.5 Å². The predicted molar refractivity (Wildman–Crippen MR) is 116 cm³/mol. The second-order valence-corrected chi connectivity index (χ2v) is 7.44. The third kappa shape index (κ3) is 3.94. The number of furan rings is 1. The van der Waals surface area contributed by atoms with Gasteiger partial charge in [-0.3, -0.25) is 14.4 Å². The van der Waals surface area contributed by atoms with Gasteiger partial charge in [0.05, 0.1) is 24.1 Å². The molecule has 0 saturated carbocycles. The van der Waals surface area contributed by atoms with Gasteiger partial charge in [-0.25, -0.2) is 0 Å². The number of hydrogen-bond acceptors (Lipinski definition) is 7. The minimum absolute atomic E-state index is 0.0402. The third-order valence-corrected chi connectivity index (χ3v) is 5.14. The minimum atomic E-state index is -0.694. The van der Waals surface area contributed by atoms with E-state index in [0.717, 1.165) is 12.0 Å². The highest BCUT2D eigenvalue weighted by molar-refractivity contribution is 5.99. The molecule has 158 valence electrons. The molecule has 30 heavy (non-hydrogen) atoms. The number of amides is 1. The van der Waals surface area contributed by atoms with Gasteiger partial charge in [0.25, 0.3) is 16.8 Å². The zero-order chi connectivity index (χ0) is 22.0. The number of hydrogen-bond donors (Lipinski definition) is 3. The van der Waals surface area contributed by atoms with Crippen LogP contribution in [0.25, 0.3) is 0 Å². The fourth-order valence-electron chi connectivity index (χ4n) is 3.03. The van der Waals surface area contributed by atoms with Crippen molar-refractivity contribution in [2.24, 2.45) is 0 Å². The molecule has 0 fully saturated rings. The Kier molecular flexibility index (Phi) is 5.96. The summed E-state index contributed by atoms with van der Waals surface area (Å²) in [5.74, 6) is 0.338. The van der Waals surface area contributed by atoms with Crippen LogP contribution in [0.2, 0.25) is 0 Å². The normalized spacial score (nSPS) is 12.0. The van der Waals surface area contributed by atoms with E-state index in [2.05, 4.69) is 24.5 Å². The van der Waals surface area contributed by atoms with Crippen LogP contribution in [0.3, 0.4) is 0 Å². The first kappa shape index (κ1) is 21.2. The van der Waals surface area contributed by atoms with Gasteiger partial charge in [-0.2, -0.15) is 0 Å². The topological polar surface area (TPSA) is 112 Å². The number of para-hydroxylation sites is 1. The van der Waals surface area contributed by atoms with Crippen molar-refractivity contribution < 1.29 is 14.3 Å². The Morgan fingerprint density at radius 3 is 2.57 bits per heavy atom. The Hall–Kier alpha value is -3.55. The lowest BCUT2D eigenvalue weighted by Gasteiger charge is -2.17. The number of benzene rings is 1. The molecule has 3 aromatic rings. The number of anilines is 3. The van der Waals surface area contributed by atoms with Crippen molar-refractivity contribution in [2.45, 2.75) is 32.7 Å². The maximum Gasteiger partial charge on any atom is 0.257 e. The number of carbonyl (C=O) groups excluding carboxylic acids is 1. The molecule has 0 radical (unpaired) electrons. The van der Waals surface area contributed by atoms with Crippen molar-refractivity contribution in [3.05, 3.63) is 67.9 Å². The lowest BCUT2D eigenvalue weighted by molar-refractivity contribution is 0.0824. The fourth-order valence-corrected chi connectivity index (χ4v) is 3.03. The second-order valence-electron chi connectivity index (χ2n) is 7.44. The number of phenolic OH excluding ortho intramolecular Hbond substituents is 1. The largest absolute Gasteiger partial charge is 0.505 e. The molecule has 0 aliphatic rings. The number of aromatic hydroxyl groups is 1. The molecule has 3 rings (SSSR count). The third-order valence-electron chi connectivity index (χ3n) is 5.14. The lowest BCUT2D eigenvalue weighted by atomic mass is 10.0. The molecule has 1 atom stereocenters. The highest BCUT2D eigenvalue weighted by Crippen LogP contribution is 2.32. The SMILES string of the molecule is CCC(C)c1coc(CNc2c(Nc3cccc(C(=O)N(C)C)c3O)c(=O)c2=O)c1. The maximum atomic E-state index is 12.2. The monoisotopic (exact) mass is 411 g/mol. The highest BCUT2D eigenvalue weighted by Gasteiger charge is 2.23. The van der Waals surface area contributed by atoms with E-state index in [1.807, 2.05) is 6.07 Å². The van der Waals surface area contributed by atoms with Crippen molar-refractivity contribution >= 4 is 23.0 Å². The van der Waals surface area contributed by atoms with E-state index in [4.69, 9.17) is 4.42 Å². The first-order valence-electron chi connectivity index (χ1n) is 9.69. The molecule has 0 bridgehead atoms. The Morgan fingerprint density at radius 1 is 1.20 bits per heavy atom. The van der Waals surface area contributed by atoms with Crippen molar-refractivity contribution in [1.82, 2.24) is 4.90 Å². The van der Waals surface area contributed by atoms with Gasteiger partial charge >= 0.3 is 0 Å². The Morgan fingerprint density at radius 2 is 1.90 bits per heavy atom. The van der Waals surface area contributed by atoms with E-state index in [1.165, 1.54) is 17.0 Å². The molecule has 1 unspecified atom stereocenters. The zero-order valence-corrected chi connectivity index (χ0v) is 17.4. The summed E-state index contributed by atoms with van der Waals surface area (Å²) in [7, 11) is 3.14. The van der Waals surface area contributed by atoms with Gasteiger partial charge in [0, 0.05) is 14.1 Å². The minimum Gasteiger partial charge on any atom is -0.505 e. The van der Waals surface area contributed by atoms with Crippen LogP contribution in [-0.2, 0) is 6.54 Å². The van der Waals surface area contributed by atoms with Crippen LogP contribution in [0, 0.1) is 0 Å². The molecule has 8 nitrogen and oxygen atoms in total. The van der Waals surface area contributed by atoms with E-state index in [0.29, 0.717) is 11.7 Å². The summed E-state index contributed by atoms with van der Waals surface area (Å²) in [4.78, 5) is 37.6. The smallest absolute Gasteiger partial charge is 0.257 e. The summed E-state index contributed by atoms with van der Waals surface area (Å²) in [5, 5.41) is 16.1. The maximum absolute atomic E-state index is 12.2. The predicted octanol–water partition coefficient (Wildman–Crippen LogP) is 3.15. The van der Waals surface area contributed by atoms with Crippen molar-refractivity contribution in [2.75, 3.05) is 24.7 Å². The van der Waals surface area contributed by atoms with E-state index >= 15 is 0 Å². The van der Waals surface area contributed by atoms with Crippen LogP contribution in [-0.4, -0.2) is 30.0 Å². The molecule has 1 amide bonds. The van der Waals surface area contributed by atoms with E-state index < -0.39 is 10.9 Å². The van der Waals surface area contributed by atoms with Crippen molar-refractivity contribution in [3.8, 4) is 5.75 Å². The lowest BCUT2D eigenvalue weighted by Crippen LogP contribution is -2.36. The van der Waals surface area contributed by atoms with Crippen molar-refractivity contribution in [3.63, 3.8) is 0 Å². The molecule has 8 heteroatoms. The Bertz CT molecular complexity index is 1140. The fraction of sp³-hybridized carbons (Fsp3) is 0.318. The summed E-state index contributed by atoms with van der Waals surface area (Å²) < 4.78 is 5.52. The summed E-state index contributed by atoms with van der Waals surface area (Å²) >= 11 is 0. The molecular formula is C22H25N3O5. The van der Waals surface area contributed by atoms with E-state index in [1.54, 1.807) is 26.4 Å². The summed E-state index contributed by atoms with van der Waals surface area (Å²) in [6.45, 7) is 4.43. The summed E-state index contributed by atoms with van der Waals surface area (Å²) in [6, 6.07) is 6.50. The molecule has 1 aromatic heterocycles. The molecule has 1 heterocycles. The number of nitrogens with one attached hydrogen (secondary N) is 2. The van der Waals surface area contributed by atoms with Crippen LogP contribution < -0.4 is 21.5 Å². The first-order valence-corrected chi connectivity index (χ1v) is 9.69. The quantitative estimate of drug-likeness (QED) is 0.386. The summed E-state index contributed by atoms with van der Waals surface area (Å²) in [5.41, 5.74) is 0.141. The van der Waals surface area contributed by atoms with Gasteiger partial charge < -0.3 is 25.1 Å². The van der Waals surface area contributed by atoms with Gasteiger partial charge in [-0.05, 0) is 36.1 Å². The molecule has 0 saturated heterocycles. The molecule has 3 N–H and O–H groups in total. The van der Waals surface area contributed by atoms with Crippen LogP contribution in [0.4, 0.5) is 17.1 Å². The highest BCUT2D eigenvalue weighted by atomic mass is 16.3. The zero-order valence-electron chi connectivity index (χ0n) is 17.4. The standard InChI is InChI=1S/C22H25N3O5/c1-5-12(2)13-9-14(30-11-13)10-23-17-18(21(28)20(17)27)24-16-8-6-7-15(19(16)26)22(29)25(3)4/h6-9,11-12,23-24,26H,5,10H2,1-4H3. The van der Waals surface area contributed by atoms with Crippen molar-refractivity contribution in [1.29, 1.82) is 0 Å². The first-order chi connectivity index (χ1) is 14.2. The average Bonchev–Trinajstić information content (AvgIpc) is 3.21. The van der Waals surface area contributed by atoms with Crippen LogP contribution in [0.5, 0.6) is 5.75 Å². The Labute approximate surface area is 173 Å². The van der Waals surface area contributed by atoms with Gasteiger partial charge in [-0.1, -0.05) is 19.9 Å². The molecule has 0 aliphatic heterocycles. The van der Waals surface area contributed by atoms with Gasteiger partial charge in [0.2, 0.25) is 0 Å².